The molecule has 4 nitrogen and oxygen atoms in total. The number of rotatable bonds is 9. The summed E-state index contributed by atoms with van der Waals surface area (Å²) in [7, 11) is 0. The van der Waals surface area contributed by atoms with E-state index in [4.69, 9.17) is 37.8 Å². The molecule has 1 rings (SSSR count). The van der Waals surface area contributed by atoms with E-state index < -0.39 is 5.97 Å². The minimum absolute atomic E-state index is 0.332. The normalized spacial score (nSPS) is 11.0. The van der Waals surface area contributed by atoms with E-state index in [1.807, 2.05) is 0 Å². The number of hydrogen-bond acceptors (Lipinski definition) is 3. The molecule has 1 N–H and O–H groups in total. The van der Waals surface area contributed by atoms with Crippen LogP contribution in [0.1, 0.15) is 25.3 Å². The summed E-state index contributed by atoms with van der Waals surface area (Å²) in [6.45, 7) is 3.56. The molecule has 0 amide bonds. The fourth-order valence-corrected chi connectivity index (χ4v) is 2.13. The molecular weight excluding hydrogens is 315 g/mol. The molecule has 0 aromatic heterocycles. The van der Waals surface area contributed by atoms with Crippen LogP contribution < -0.4 is 4.74 Å². The maximum atomic E-state index is 10.6. The Morgan fingerprint density at radius 3 is 2.71 bits per heavy atom. The Balaban J connectivity index is 2.68. The fourth-order valence-electron chi connectivity index (χ4n) is 1.57. The maximum absolute atomic E-state index is 10.6. The first-order valence-corrected chi connectivity index (χ1v) is 7.40. The standard InChI is InChI=1S/C15H18Cl2O4/c1-2-3-6-20-7-8-21-15-11(4-5-14(18)19)9-12(16)10-13(15)17/h4-5,9-10H,2-3,6-8H2,1H3,(H,18,19). The largest absolute Gasteiger partial charge is 0.489 e. The van der Waals surface area contributed by atoms with Crippen molar-refractivity contribution < 1.29 is 19.4 Å². The Morgan fingerprint density at radius 1 is 1.29 bits per heavy atom. The first-order valence-electron chi connectivity index (χ1n) is 6.65. The summed E-state index contributed by atoms with van der Waals surface area (Å²) in [5.74, 6) is -0.655. The average molecular weight is 333 g/mol. The van der Waals surface area contributed by atoms with Gasteiger partial charge in [-0.05, 0) is 24.6 Å². The summed E-state index contributed by atoms with van der Waals surface area (Å²) in [6.07, 6.45) is 4.49. The molecule has 0 heterocycles. The molecule has 0 saturated heterocycles. The summed E-state index contributed by atoms with van der Waals surface area (Å²) in [5.41, 5.74) is 0.517. The minimum atomic E-state index is -1.06. The monoisotopic (exact) mass is 332 g/mol. The third-order valence-corrected chi connectivity index (χ3v) is 3.06. The number of carbonyl (C=O) groups is 1. The zero-order chi connectivity index (χ0) is 15.7. The van der Waals surface area contributed by atoms with Crippen LogP contribution in [0.2, 0.25) is 10.0 Å². The molecule has 0 aliphatic rings. The lowest BCUT2D eigenvalue weighted by atomic mass is 10.2. The second-order valence-electron chi connectivity index (χ2n) is 4.29. The first-order chi connectivity index (χ1) is 10.0. The van der Waals surface area contributed by atoms with Gasteiger partial charge in [0.1, 0.15) is 12.4 Å². The predicted octanol–water partition coefficient (Wildman–Crippen LogP) is 4.29. The van der Waals surface area contributed by atoms with Gasteiger partial charge in [0.25, 0.3) is 0 Å². The van der Waals surface area contributed by atoms with E-state index in [0.717, 1.165) is 18.9 Å². The number of carboxylic acid groups (broad SMARTS) is 1. The summed E-state index contributed by atoms with van der Waals surface area (Å²) in [4.78, 5) is 10.6. The molecule has 0 radical (unpaired) electrons. The Hall–Kier alpha value is -1.23. The van der Waals surface area contributed by atoms with Crippen molar-refractivity contribution in [1.82, 2.24) is 0 Å². The van der Waals surface area contributed by atoms with Gasteiger partial charge in [0.05, 0.1) is 11.6 Å². The van der Waals surface area contributed by atoms with Crippen LogP contribution >= 0.6 is 23.2 Å². The number of hydrogen-bond donors (Lipinski definition) is 1. The molecule has 0 saturated carbocycles. The number of benzene rings is 1. The van der Waals surface area contributed by atoms with Crippen LogP contribution in [0, 0.1) is 0 Å². The van der Waals surface area contributed by atoms with E-state index in [-0.39, 0.29) is 0 Å². The SMILES string of the molecule is CCCCOCCOc1c(Cl)cc(Cl)cc1C=CC(=O)O. The second-order valence-corrected chi connectivity index (χ2v) is 5.14. The van der Waals surface area contributed by atoms with Crippen molar-refractivity contribution in [3.8, 4) is 5.75 Å². The highest BCUT2D eigenvalue weighted by Gasteiger charge is 2.09. The first kappa shape index (κ1) is 17.8. The highest BCUT2D eigenvalue weighted by Crippen LogP contribution is 2.33. The summed E-state index contributed by atoms with van der Waals surface area (Å²) in [5, 5.41) is 9.44. The zero-order valence-corrected chi connectivity index (χ0v) is 13.3. The number of carboxylic acids is 1. The van der Waals surface area contributed by atoms with E-state index in [1.165, 1.54) is 6.08 Å². The summed E-state index contributed by atoms with van der Waals surface area (Å²) < 4.78 is 11.0. The lowest BCUT2D eigenvalue weighted by Crippen LogP contribution is -2.08. The summed E-state index contributed by atoms with van der Waals surface area (Å²) >= 11 is 12.0. The average Bonchev–Trinajstić information content (AvgIpc) is 2.42. The highest BCUT2D eigenvalue weighted by atomic mass is 35.5. The van der Waals surface area contributed by atoms with Crippen molar-refractivity contribution in [3.05, 3.63) is 33.8 Å². The van der Waals surface area contributed by atoms with Crippen LogP contribution in [0.4, 0.5) is 0 Å². The van der Waals surface area contributed by atoms with Crippen LogP contribution in [-0.4, -0.2) is 30.9 Å². The summed E-state index contributed by atoms with van der Waals surface area (Å²) in [6, 6.07) is 3.15. The van der Waals surface area contributed by atoms with Crippen LogP contribution in [0.5, 0.6) is 5.75 Å². The van der Waals surface area contributed by atoms with Crippen molar-refractivity contribution >= 4 is 35.2 Å². The van der Waals surface area contributed by atoms with E-state index in [2.05, 4.69) is 6.92 Å². The third kappa shape index (κ3) is 6.85. The maximum Gasteiger partial charge on any atom is 0.328 e. The van der Waals surface area contributed by atoms with Crippen molar-refractivity contribution in [2.45, 2.75) is 19.8 Å². The van der Waals surface area contributed by atoms with Gasteiger partial charge < -0.3 is 14.6 Å². The van der Waals surface area contributed by atoms with Gasteiger partial charge in [-0.25, -0.2) is 4.79 Å². The smallest absolute Gasteiger partial charge is 0.328 e. The lowest BCUT2D eigenvalue weighted by molar-refractivity contribution is -0.131. The molecule has 0 fully saturated rings. The Kier molecular flexibility index (Phi) is 8.20. The van der Waals surface area contributed by atoms with Crippen LogP contribution in [0.15, 0.2) is 18.2 Å². The number of aliphatic carboxylic acids is 1. The molecular formula is C15H18Cl2O4. The topological polar surface area (TPSA) is 55.8 Å². The van der Waals surface area contributed by atoms with Crippen LogP contribution in [-0.2, 0) is 9.53 Å². The molecule has 6 heteroatoms. The molecule has 0 atom stereocenters. The van der Waals surface area contributed by atoms with Gasteiger partial charge in [-0.15, -0.1) is 0 Å². The van der Waals surface area contributed by atoms with Gasteiger partial charge in [0.2, 0.25) is 0 Å². The molecule has 0 bridgehead atoms. The van der Waals surface area contributed by atoms with Gasteiger partial charge in [-0.3, -0.25) is 0 Å². The third-order valence-electron chi connectivity index (χ3n) is 2.56. The molecule has 0 spiro atoms. The highest BCUT2D eigenvalue weighted by molar-refractivity contribution is 6.35. The molecule has 0 aliphatic heterocycles. The van der Waals surface area contributed by atoms with E-state index in [1.54, 1.807) is 12.1 Å². The van der Waals surface area contributed by atoms with E-state index >= 15 is 0 Å². The second kappa shape index (κ2) is 9.66. The minimum Gasteiger partial charge on any atom is -0.489 e. The van der Waals surface area contributed by atoms with Gasteiger partial charge in [0, 0.05) is 23.3 Å². The van der Waals surface area contributed by atoms with E-state index in [0.29, 0.717) is 41.2 Å². The zero-order valence-electron chi connectivity index (χ0n) is 11.8. The predicted molar refractivity (Wildman–Crippen MR) is 84.4 cm³/mol. The van der Waals surface area contributed by atoms with Crippen LogP contribution in [0.25, 0.3) is 6.08 Å². The fraction of sp³-hybridized carbons (Fsp3) is 0.400. The quantitative estimate of drug-likeness (QED) is 0.541. The van der Waals surface area contributed by atoms with Gasteiger partial charge in [-0.1, -0.05) is 36.5 Å². The van der Waals surface area contributed by atoms with Crippen molar-refractivity contribution in [2.75, 3.05) is 19.8 Å². The molecule has 0 unspecified atom stereocenters. The molecule has 116 valence electrons. The van der Waals surface area contributed by atoms with Crippen LogP contribution in [0.3, 0.4) is 0 Å². The number of unbranched alkanes of at least 4 members (excludes halogenated alkanes) is 1. The Labute approximate surface area is 134 Å². The molecule has 21 heavy (non-hydrogen) atoms. The molecule has 1 aromatic carbocycles. The number of halogens is 2. The molecule has 0 aliphatic carbocycles. The Morgan fingerprint density at radius 2 is 2.05 bits per heavy atom. The molecule has 1 aromatic rings. The van der Waals surface area contributed by atoms with Crippen molar-refractivity contribution in [1.29, 1.82) is 0 Å². The number of ether oxygens (including phenoxy) is 2. The van der Waals surface area contributed by atoms with Gasteiger partial charge in [0.15, 0.2) is 0 Å². The van der Waals surface area contributed by atoms with E-state index in [9.17, 15) is 4.79 Å². The van der Waals surface area contributed by atoms with Crippen molar-refractivity contribution in [3.63, 3.8) is 0 Å². The Bertz CT molecular complexity index is 501. The van der Waals surface area contributed by atoms with Gasteiger partial charge >= 0.3 is 5.97 Å². The van der Waals surface area contributed by atoms with Crippen molar-refractivity contribution in [2.24, 2.45) is 0 Å². The lowest BCUT2D eigenvalue weighted by Gasteiger charge is -2.12. The van der Waals surface area contributed by atoms with Gasteiger partial charge in [-0.2, -0.15) is 0 Å².